The molecule has 1 saturated heterocycles. The number of nitrogens with two attached hydrogens (primary N) is 1. The van der Waals surface area contributed by atoms with Crippen molar-refractivity contribution in [2.24, 2.45) is 0 Å². The molecule has 4 nitrogen and oxygen atoms in total. The molecule has 1 aromatic carbocycles. The van der Waals surface area contributed by atoms with Crippen molar-refractivity contribution < 1.29 is 9.13 Å². The molecule has 2 heterocycles. The predicted molar refractivity (Wildman–Crippen MR) is 72.4 cm³/mol. The van der Waals surface area contributed by atoms with Gasteiger partial charge in [0.25, 0.3) is 0 Å². The van der Waals surface area contributed by atoms with E-state index in [0.29, 0.717) is 18.1 Å². The van der Waals surface area contributed by atoms with E-state index in [0.717, 1.165) is 18.4 Å². The number of fused-ring (bicyclic) bond motifs is 1. The van der Waals surface area contributed by atoms with Crippen molar-refractivity contribution in [3.63, 3.8) is 0 Å². The highest BCUT2D eigenvalue weighted by Crippen LogP contribution is 2.36. The zero-order chi connectivity index (χ0) is 13.6. The smallest absolute Gasteiger partial charge is 0.201 e. The highest BCUT2D eigenvalue weighted by molar-refractivity contribution is 5.79. The second-order valence-electron chi connectivity index (χ2n) is 5.70. The topological polar surface area (TPSA) is 53.1 Å². The van der Waals surface area contributed by atoms with Crippen LogP contribution in [-0.4, -0.2) is 21.8 Å². The number of rotatable bonds is 1. The summed E-state index contributed by atoms with van der Waals surface area (Å²) in [6.45, 7) is 4.82. The Kier molecular flexibility index (Phi) is 2.74. The lowest BCUT2D eigenvalue weighted by Gasteiger charge is -2.36. The van der Waals surface area contributed by atoms with E-state index >= 15 is 0 Å². The van der Waals surface area contributed by atoms with Crippen molar-refractivity contribution >= 4 is 17.0 Å². The Morgan fingerprint density at radius 3 is 3.00 bits per heavy atom. The van der Waals surface area contributed by atoms with E-state index in [2.05, 4.69) is 18.8 Å². The zero-order valence-electron chi connectivity index (χ0n) is 11.2. The standard InChI is InChI=1S/C14H18FN3O/c1-14(2)8-9(6-7-19-14)18-11-5-3-4-10(15)12(11)17-13(18)16/h3-5,9H,6-8H2,1-2H3,(H2,16,17). The van der Waals surface area contributed by atoms with Gasteiger partial charge in [-0.05, 0) is 38.8 Å². The first-order chi connectivity index (χ1) is 8.98. The van der Waals surface area contributed by atoms with Gasteiger partial charge in [-0.1, -0.05) is 6.07 Å². The second kappa shape index (κ2) is 4.20. The van der Waals surface area contributed by atoms with Gasteiger partial charge in [0.2, 0.25) is 5.95 Å². The molecule has 2 aromatic rings. The van der Waals surface area contributed by atoms with Crippen molar-refractivity contribution in [1.29, 1.82) is 0 Å². The molecule has 1 unspecified atom stereocenters. The molecule has 3 rings (SSSR count). The monoisotopic (exact) mass is 263 g/mol. The first kappa shape index (κ1) is 12.4. The number of anilines is 1. The van der Waals surface area contributed by atoms with Crippen LogP contribution in [-0.2, 0) is 4.74 Å². The van der Waals surface area contributed by atoms with Crippen molar-refractivity contribution in [3.8, 4) is 0 Å². The molecule has 5 heteroatoms. The van der Waals surface area contributed by atoms with Gasteiger partial charge in [0.05, 0.1) is 11.1 Å². The highest BCUT2D eigenvalue weighted by atomic mass is 19.1. The van der Waals surface area contributed by atoms with Crippen LogP contribution in [0.5, 0.6) is 0 Å². The van der Waals surface area contributed by atoms with Gasteiger partial charge in [-0.25, -0.2) is 9.37 Å². The first-order valence-electron chi connectivity index (χ1n) is 6.54. The lowest BCUT2D eigenvalue weighted by Crippen LogP contribution is -2.35. The summed E-state index contributed by atoms with van der Waals surface area (Å²) in [5.74, 6) is 0.0528. The fraction of sp³-hybridized carbons (Fsp3) is 0.500. The van der Waals surface area contributed by atoms with Crippen LogP contribution in [0.15, 0.2) is 18.2 Å². The number of aromatic nitrogens is 2. The number of nitrogen functional groups attached to an aromatic ring is 1. The average Bonchev–Trinajstić information content (AvgIpc) is 2.66. The molecule has 0 bridgehead atoms. The van der Waals surface area contributed by atoms with Crippen molar-refractivity contribution in [1.82, 2.24) is 9.55 Å². The van der Waals surface area contributed by atoms with Crippen LogP contribution in [0.3, 0.4) is 0 Å². The van der Waals surface area contributed by atoms with Gasteiger partial charge >= 0.3 is 0 Å². The van der Waals surface area contributed by atoms with E-state index in [-0.39, 0.29) is 17.5 Å². The summed E-state index contributed by atoms with van der Waals surface area (Å²) in [5.41, 5.74) is 6.92. The van der Waals surface area contributed by atoms with Crippen molar-refractivity contribution in [2.75, 3.05) is 12.3 Å². The van der Waals surface area contributed by atoms with Gasteiger partial charge in [-0.15, -0.1) is 0 Å². The van der Waals surface area contributed by atoms with Crippen molar-refractivity contribution in [2.45, 2.75) is 38.3 Å². The molecular formula is C14H18FN3O. The Morgan fingerprint density at radius 2 is 2.26 bits per heavy atom. The highest BCUT2D eigenvalue weighted by Gasteiger charge is 2.31. The molecule has 2 N–H and O–H groups in total. The number of hydrogen-bond donors (Lipinski definition) is 1. The van der Waals surface area contributed by atoms with Crippen LogP contribution < -0.4 is 5.73 Å². The molecule has 0 saturated carbocycles. The molecular weight excluding hydrogens is 245 g/mol. The fourth-order valence-electron chi connectivity index (χ4n) is 2.90. The SMILES string of the molecule is CC1(C)CC(n2c(N)nc3c(F)cccc32)CCO1. The normalized spacial score (nSPS) is 22.8. The fourth-order valence-corrected chi connectivity index (χ4v) is 2.90. The van der Waals surface area contributed by atoms with E-state index in [1.165, 1.54) is 6.07 Å². The van der Waals surface area contributed by atoms with Gasteiger partial charge in [-0.2, -0.15) is 0 Å². The molecule has 19 heavy (non-hydrogen) atoms. The summed E-state index contributed by atoms with van der Waals surface area (Å²) in [7, 11) is 0. The molecule has 1 fully saturated rings. The van der Waals surface area contributed by atoms with Gasteiger partial charge in [0.1, 0.15) is 5.52 Å². The van der Waals surface area contributed by atoms with E-state index in [1.54, 1.807) is 6.07 Å². The van der Waals surface area contributed by atoms with E-state index in [9.17, 15) is 4.39 Å². The molecule has 0 spiro atoms. The minimum atomic E-state index is -0.325. The molecule has 102 valence electrons. The summed E-state index contributed by atoms with van der Waals surface area (Å²) in [5, 5.41) is 0. The Balaban J connectivity index is 2.10. The summed E-state index contributed by atoms with van der Waals surface area (Å²) in [6.07, 6.45) is 1.72. The van der Waals surface area contributed by atoms with Gasteiger partial charge in [0.15, 0.2) is 5.82 Å². The zero-order valence-corrected chi connectivity index (χ0v) is 11.2. The van der Waals surface area contributed by atoms with Gasteiger partial charge < -0.3 is 15.0 Å². The number of ether oxygens (including phenoxy) is 1. The summed E-state index contributed by atoms with van der Waals surface area (Å²) < 4.78 is 21.4. The largest absolute Gasteiger partial charge is 0.375 e. The van der Waals surface area contributed by atoms with E-state index in [1.807, 2.05) is 10.6 Å². The number of imidazole rings is 1. The van der Waals surface area contributed by atoms with Crippen LogP contribution in [0.25, 0.3) is 11.0 Å². The average molecular weight is 263 g/mol. The van der Waals surface area contributed by atoms with Crippen molar-refractivity contribution in [3.05, 3.63) is 24.0 Å². The second-order valence-corrected chi connectivity index (χ2v) is 5.70. The summed E-state index contributed by atoms with van der Waals surface area (Å²) in [6, 6.07) is 5.17. The summed E-state index contributed by atoms with van der Waals surface area (Å²) in [4.78, 5) is 4.16. The van der Waals surface area contributed by atoms with E-state index < -0.39 is 0 Å². The van der Waals surface area contributed by atoms with E-state index in [4.69, 9.17) is 10.5 Å². The van der Waals surface area contributed by atoms with Crippen LogP contribution in [0, 0.1) is 5.82 Å². The number of nitrogens with zero attached hydrogens (tertiary/aromatic N) is 2. The van der Waals surface area contributed by atoms with Crippen LogP contribution in [0.4, 0.5) is 10.3 Å². The molecule has 0 amide bonds. The molecule has 0 aliphatic carbocycles. The minimum Gasteiger partial charge on any atom is -0.375 e. The van der Waals surface area contributed by atoms with Gasteiger partial charge in [-0.3, -0.25) is 0 Å². The maximum atomic E-state index is 13.7. The maximum Gasteiger partial charge on any atom is 0.201 e. The quantitative estimate of drug-likeness (QED) is 0.860. The third-order valence-corrected chi connectivity index (χ3v) is 3.73. The third-order valence-electron chi connectivity index (χ3n) is 3.73. The Morgan fingerprint density at radius 1 is 1.47 bits per heavy atom. The third kappa shape index (κ3) is 2.08. The Hall–Kier alpha value is -1.62. The molecule has 1 aliphatic heterocycles. The maximum absolute atomic E-state index is 13.7. The first-order valence-corrected chi connectivity index (χ1v) is 6.54. The summed E-state index contributed by atoms with van der Waals surface area (Å²) >= 11 is 0. The number of para-hydroxylation sites is 1. The minimum absolute atomic E-state index is 0.181. The van der Waals surface area contributed by atoms with Crippen LogP contribution in [0.2, 0.25) is 0 Å². The number of hydrogen-bond acceptors (Lipinski definition) is 3. The predicted octanol–water partition coefficient (Wildman–Crippen LogP) is 2.89. The molecule has 1 aliphatic rings. The van der Waals surface area contributed by atoms with Gasteiger partial charge in [0, 0.05) is 12.6 Å². The number of benzene rings is 1. The van der Waals surface area contributed by atoms with Crippen LogP contribution >= 0.6 is 0 Å². The lowest BCUT2D eigenvalue weighted by atomic mass is 9.93. The molecule has 0 radical (unpaired) electrons. The Bertz CT molecular complexity index is 620. The molecule has 1 atom stereocenters. The lowest BCUT2D eigenvalue weighted by molar-refractivity contribution is -0.0682. The Labute approximate surface area is 111 Å². The number of halogens is 1. The molecule has 1 aromatic heterocycles. The van der Waals surface area contributed by atoms with Crippen LogP contribution in [0.1, 0.15) is 32.7 Å².